The summed E-state index contributed by atoms with van der Waals surface area (Å²) >= 11 is 12.4. The monoisotopic (exact) mass is 403 g/mol. The molecule has 0 unspecified atom stereocenters. The molecule has 0 fully saturated rings. The maximum atomic E-state index is 13.4. The second-order valence-corrected chi connectivity index (χ2v) is 6.99. The van der Waals surface area contributed by atoms with Gasteiger partial charge in [-0.25, -0.2) is 4.98 Å². The average Bonchev–Trinajstić information content (AvgIpc) is 2.97. The number of nitrogens with zero attached hydrogens (tertiary/aromatic N) is 3. The second-order valence-electron chi connectivity index (χ2n) is 6.12. The number of carbonyl (C=O) groups excluding carboxylic acids is 1. The molecule has 0 saturated heterocycles. The van der Waals surface area contributed by atoms with Crippen LogP contribution >= 0.6 is 23.2 Å². The molecule has 0 N–H and O–H groups in total. The molecule has 3 aromatic rings. The number of benzene rings is 2. The Bertz CT molecular complexity index is 945. The number of imidazole rings is 1. The van der Waals surface area contributed by atoms with Crippen LogP contribution in [0.15, 0.2) is 48.8 Å². The summed E-state index contributed by atoms with van der Waals surface area (Å²) < 4.78 is 7.15. The molecule has 1 aromatic heterocycles. The molecule has 0 bridgehead atoms. The lowest BCUT2D eigenvalue weighted by atomic mass is 10.1. The van der Waals surface area contributed by atoms with Crippen molar-refractivity contribution in [3.63, 3.8) is 0 Å². The van der Waals surface area contributed by atoms with Crippen LogP contribution in [0.3, 0.4) is 0 Å². The van der Waals surface area contributed by atoms with Crippen molar-refractivity contribution in [1.82, 2.24) is 9.55 Å². The fourth-order valence-corrected chi connectivity index (χ4v) is 3.47. The van der Waals surface area contributed by atoms with Crippen molar-refractivity contribution in [3.8, 4) is 5.75 Å². The van der Waals surface area contributed by atoms with Crippen molar-refractivity contribution in [2.24, 2.45) is 7.05 Å². The normalized spacial score (nSPS) is 10.7. The van der Waals surface area contributed by atoms with Crippen LogP contribution in [-0.4, -0.2) is 22.6 Å². The maximum Gasteiger partial charge on any atom is 0.277 e. The lowest BCUT2D eigenvalue weighted by Crippen LogP contribution is -2.32. The summed E-state index contributed by atoms with van der Waals surface area (Å²) in [5.41, 5.74) is 2.62. The van der Waals surface area contributed by atoms with Gasteiger partial charge in [-0.15, -0.1) is 0 Å². The first-order chi connectivity index (χ1) is 12.9. The predicted molar refractivity (Wildman–Crippen MR) is 108 cm³/mol. The molecule has 5 nitrogen and oxygen atoms in total. The third kappa shape index (κ3) is 4.10. The summed E-state index contributed by atoms with van der Waals surface area (Å²) in [5.74, 6) is 0.502. The van der Waals surface area contributed by atoms with Gasteiger partial charge in [-0.2, -0.15) is 0 Å². The zero-order chi connectivity index (χ0) is 19.6. The molecule has 7 heteroatoms. The molecule has 0 spiro atoms. The van der Waals surface area contributed by atoms with Gasteiger partial charge in [0, 0.05) is 28.3 Å². The minimum Gasteiger partial charge on any atom is -0.496 e. The molecular weight excluding hydrogens is 385 g/mol. The van der Waals surface area contributed by atoms with Crippen LogP contribution in [0, 0.1) is 6.92 Å². The van der Waals surface area contributed by atoms with Crippen LogP contribution in [0.1, 0.15) is 21.7 Å². The number of rotatable bonds is 5. The topological polar surface area (TPSA) is 47.4 Å². The van der Waals surface area contributed by atoms with Crippen molar-refractivity contribution in [3.05, 3.63) is 75.8 Å². The van der Waals surface area contributed by atoms with Crippen molar-refractivity contribution < 1.29 is 9.53 Å². The number of methoxy groups -OCH3 is 1. The molecule has 0 radical (unpaired) electrons. The Morgan fingerprint density at radius 1 is 1.19 bits per heavy atom. The van der Waals surface area contributed by atoms with Crippen LogP contribution in [0.2, 0.25) is 10.0 Å². The largest absolute Gasteiger partial charge is 0.496 e. The standard InChI is InChI=1S/C20H19Cl2N3O2/c1-13-19(24(2)12-23-13)20(26)25(17-9-15(21)8-16(22)10-17)11-14-6-4-5-7-18(14)27-3/h4-10,12H,11H2,1-3H3. The van der Waals surface area contributed by atoms with E-state index in [4.69, 9.17) is 27.9 Å². The summed E-state index contributed by atoms with van der Waals surface area (Å²) in [5, 5.41) is 0.911. The van der Waals surface area contributed by atoms with Crippen LogP contribution in [-0.2, 0) is 13.6 Å². The Labute approximate surface area is 168 Å². The second kappa shape index (κ2) is 8.03. The Morgan fingerprint density at radius 2 is 1.85 bits per heavy atom. The highest BCUT2D eigenvalue weighted by atomic mass is 35.5. The van der Waals surface area contributed by atoms with E-state index in [1.165, 1.54) is 0 Å². The number of ether oxygens (including phenoxy) is 1. The number of halogens is 2. The first-order valence-corrected chi connectivity index (χ1v) is 9.04. The minimum atomic E-state index is -0.197. The van der Waals surface area contributed by atoms with Gasteiger partial charge in [0.15, 0.2) is 0 Å². The number of para-hydroxylation sites is 1. The molecule has 1 amide bonds. The van der Waals surface area contributed by atoms with Gasteiger partial charge in [0.05, 0.1) is 25.7 Å². The lowest BCUT2D eigenvalue weighted by molar-refractivity contribution is 0.0976. The molecule has 0 saturated carbocycles. The van der Waals surface area contributed by atoms with Gasteiger partial charge < -0.3 is 14.2 Å². The SMILES string of the molecule is COc1ccccc1CN(C(=O)c1c(C)ncn1C)c1cc(Cl)cc(Cl)c1. The van der Waals surface area contributed by atoms with Crippen LogP contribution in [0.4, 0.5) is 5.69 Å². The number of amides is 1. The van der Waals surface area contributed by atoms with Crippen molar-refractivity contribution in [2.45, 2.75) is 13.5 Å². The average molecular weight is 404 g/mol. The number of hydrogen-bond acceptors (Lipinski definition) is 3. The molecule has 0 atom stereocenters. The number of carbonyl (C=O) groups is 1. The highest BCUT2D eigenvalue weighted by Crippen LogP contribution is 2.30. The van der Waals surface area contributed by atoms with Gasteiger partial charge in [0.25, 0.3) is 5.91 Å². The first kappa shape index (κ1) is 19.3. The Balaban J connectivity index is 2.10. The predicted octanol–water partition coefficient (Wildman–Crippen LogP) is 4.89. The number of aryl methyl sites for hydroxylation is 2. The maximum absolute atomic E-state index is 13.4. The molecule has 3 rings (SSSR count). The smallest absolute Gasteiger partial charge is 0.277 e. The van der Waals surface area contributed by atoms with Gasteiger partial charge in [0.1, 0.15) is 11.4 Å². The summed E-state index contributed by atoms with van der Waals surface area (Å²) in [4.78, 5) is 19.3. The fraction of sp³-hybridized carbons (Fsp3) is 0.200. The summed E-state index contributed by atoms with van der Waals surface area (Å²) in [6.45, 7) is 2.10. The van der Waals surface area contributed by atoms with Gasteiger partial charge in [-0.3, -0.25) is 4.79 Å². The van der Waals surface area contributed by atoms with Crippen LogP contribution in [0.25, 0.3) is 0 Å². The zero-order valence-corrected chi connectivity index (χ0v) is 16.8. The highest BCUT2D eigenvalue weighted by Gasteiger charge is 2.24. The third-order valence-corrected chi connectivity index (χ3v) is 4.68. The highest BCUT2D eigenvalue weighted by molar-refractivity contribution is 6.35. The number of aromatic nitrogens is 2. The van der Waals surface area contributed by atoms with Crippen LogP contribution < -0.4 is 9.64 Å². The van der Waals surface area contributed by atoms with E-state index >= 15 is 0 Å². The van der Waals surface area contributed by atoms with E-state index in [1.807, 2.05) is 24.3 Å². The molecule has 140 valence electrons. The Hall–Kier alpha value is -2.50. The molecular formula is C20H19Cl2N3O2. The molecule has 0 aliphatic heterocycles. The zero-order valence-electron chi connectivity index (χ0n) is 15.2. The Morgan fingerprint density at radius 3 is 2.44 bits per heavy atom. The molecule has 2 aromatic carbocycles. The first-order valence-electron chi connectivity index (χ1n) is 8.28. The van der Waals surface area contributed by atoms with Crippen molar-refractivity contribution >= 4 is 34.8 Å². The van der Waals surface area contributed by atoms with E-state index in [9.17, 15) is 4.79 Å². The molecule has 27 heavy (non-hydrogen) atoms. The summed E-state index contributed by atoms with van der Waals surface area (Å²) in [6, 6.07) is 12.6. The molecule has 0 aliphatic carbocycles. The summed E-state index contributed by atoms with van der Waals surface area (Å²) in [7, 11) is 3.39. The van der Waals surface area contributed by atoms with Gasteiger partial charge in [-0.1, -0.05) is 41.4 Å². The molecule has 0 aliphatic rings. The third-order valence-electron chi connectivity index (χ3n) is 4.25. The van der Waals surface area contributed by atoms with E-state index in [2.05, 4.69) is 4.98 Å². The van der Waals surface area contributed by atoms with Crippen molar-refractivity contribution in [1.29, 1.82) is 0 Å². The van der Waals surface area contributed by atoms with E-state index in [0.29, 0.717) is 39.4 Å². The van der Waals surface area contributed by atoms with Gasteiger partial charge >= 0.3 is 0 Å². The number of hydrogen-bond donors (Lipinski definition) is 0. The lowest BCUT2D eigenvalue weighted by Gasteiger charge is -2.25. The minimum absolute atomic E-state index is 0.197. The van der Waals surface area contributed by atoms with Crippen LogP contribution in [0.5, 0.6) is 5.75 Å². The molecule has 1 heterocycles. The van der Waals surface area contributed by atoms with Gasteiger partial charge in [0.2, 0.25) is 0 Å². The summed E-state index contributed by atoms with van der Waals surface area (Å²) in [6.07, 6.45) is 1.62. The fourth-order valence-electron chi connectivity index (χ4n) is 2.96. The number of anilines is 1. The van der Waals surface area contributed by atoms with E-state index in [0.717, 1.165) is 5.56 Å². The Kier molecular flexibility index (Phi) is 5.73. The quantitative estimate of drug-likeness (QED) is 0.608. The van der Waals surface area contributed by atoms with Gasteiger partial charge in [-0.05, 0) is 31.2 Å². The van der Waals surface area contributed by atoms with E-state index in [1.54, 1.807) is 55.1 Å². The van der Waals surface area contributed by atoms with Crippen molar-refractivity contribution in [2.75, 3.05) is 12.0 Å². The van der Waals surface area contributed by atoms with E-state index in [-0.39, 0.29) is 5.91 Å². The van der Waals surface area contributed by atoms with E-state index < -0.39 is 0 Å².